The van der Waals surface area contributed by atoms with Crippen LogP contribution in [0.5, 0.6) is 0 Å². The normalized spacial score (nSPS) is 16.2. The molecule has 7 nitrogen and oxygen atoms in total. The van der Waals surface area contributed by atoms with Gasteiger partial charge in [-0.15, -0.1) is 0 Å². The largest absolute Gasteiger partial charge is 0.481 e. The van der Waals surface area contributed by atoms with E-state index in [0.717, 1.165) is 13.1 Å². The molecular weight excluding hydrogens is 262 g/mol. The number of urea groups is 1. The lowest BCUT2D eigenvalue weighted by atomic mass is 10.3. The van der Waals surface area contributed by atoms with Crippen LogP contribution >= 0.6 is 0 Å². The molecule has 0 bridgehead atoms. The van der Waals surface area contributed by atoms with E-state index in [0.29, 0.717) is 39.1 Å². The number of carbonyl (C=O) groups excluding carboxylic acids is 1. The number of aliphatic hydroxyl groups excluding tert-OH is 1. The summed E-state index contributed by atoms with van der Waals surface area (Å²) in [6, 6.07) is 0.0128. The van der Waals surface area contributed by atoms with Crippen molar-refractivity contribution in [1.29, 1.82) is 0 Å². The molecule has 1 aliphatic rings. The Morgan fingerprint density at radius 2 is 1.85 bits per heavy atom. The molecule has 0 aromatic rings. The van der Waals surface area contributed by atoms with Gasteiger partial charge in [0.05, 0.1) is 6.42 Å². The lowest BCUT2D eigenvalue weighted by Crippen LogP contribution is -2.53. The van der Waals surface area contributed by atoms with Gasteiger partial charge in [-0.05, 0) is 13.3 Å². The number of piperazine rings is 1. The molecule has 1 aliphatic heterocycles. The molecule has 1 saturated heterocycles. The van der Waals surface area contributed by atoms with Crippen molar-refractivity contribution >= 4 is 12.0 Å². The second-order valence-corrected chi connectivity index (χ2v) is 4.91. The number of carboxylic acids is 1. The van der Waals surface area contributed by atoms with Gasteiger partial charge in [0.15, 0.2) is 0 Å². The van der Waals surface area contributed by atoms with Crippen LogP contribution in [0.4, 0.5) is 4.79 Å². The van der Waals surface area contributed by atoms with Crippen LogP contribution in [0.25, 0.3) is 0 Å². The first-order chi connectivity index (χ1) is 9.58. The third-order valence-corrected chi connectivity index (χ3v) is 3.52. The van der Waals surface area contributed by atoms with Crippen LogP contribution in [0, 0.1) is 0 Å². The van der Waals surface area contributed by atoms with E-state index in [1.54, 1.807) is 9.80 Å². The predicted octanol–water partition coefficient (Wildman–Crippen LogP) is -0.0970. The zero-order valence-corrected chi connectivity index (χ0v) is 12.1. The highest BCUT2D eigenvalue weighted by Crippen LogP contribution is 2.07. The average molecular weight is 287 g/mol. The zero-order valence-electron chi connectivity index (χ0n) is 12.1. The summed E-state index contributed by atoms with van der Waals surface area (Å²) in [6.45, 7) is 6.48. The molecule has 0 radical (unpaired) electrons. The Balaban J connectivity index is 2.35. The van der Waals surface area contributed by atoms with E-state index < -0.39 is 5.97 Å². The van der Waals surface area contributed by atoms with Gasteiger partial charge in [0.2, 0.25) is 0 Å². The summed E-state index contributed by atoms with van der Waals surface area (Å²) in [7, 11) is 0. The number of nitrogens with zero attached hydrogens (tertiary/aromatic N) is 3. The highest BCUT2D eigenvalue weighted by atomic mass is 16.4. The van der Waals surface area contributed by atoms with Crippen LogP contribution in [-0.4, -0.2) is 89.3 Å². The molecule has 0 aromatic carbocycles. The van der Waals surface area contributed by atoms with Gasteiger partial charge in [0.25, 0.3) is 0 Å². The number of aliphatic hydroxyl groups is 1. The molecular formula is C13H25N3O4. The summed E-state index contributed by atoms with van der Waals surface area (Å²) in [5, 5.41) is 17.5. The first-order valence-electron chi connectivity index (χ1n) is 7.17. The summed E-state index contributed by atoms with van der Waals surface area (Å²) in [5.74, 6) is -0.787. The van der Waals surface area contributed by atoms with E-state index in [-0.39, 0.29) is 19.1 Å². The fourth-order valence-electron chi connectivity index (χ4n) is 2.27. The second kappa shape index (κ2) is 8.76. The SMILES string of the molecule is CCN(CCCO)C(=O)N1CCN(CCC(=O)O)CC1. The third kappa shape index (κ3) is 5.34. The smallest absolute Gasteiger partial charge is 0.320 e. The van der Waals surface area contributed by atoms with Gasteiger partial charge in [0.1, 0.15) is 0 Å². The molecule has 0 unspecified atom stereocenters. The lowest BCUT2D eigenvalue weighted by molar-refractivity contribution is -0.137. The summed E-state index contributed by atoms with van der Waals surface area (Å²) < 4.78 is 0. The number of carboxylic acid groups (broad SMARTS) is 1. The van der Waals surface area contributed by atoms with Crippen molar-refractivity contribution in [3.05, 3.63) is 0 Å². The Morgan fingerprint density at radius 1 is 1.20 bits per heavy atom. The molecule has 1 fully saturated rings. The zero-order chi connectivity index (χ0) is 15.0. The molecule has 0 aliphatic carbocycles. The Kier molecular flexibility index (Phi) is 7.32. The van der Waals surface area contributed by atoms with Gasteiger partial charge < -0.3 is 20.0 Å². The van der Waals surface area contributed by atoms with Crippen LogP contribution in [0.2, 0.25) is 0 Å². The molecule has 1 heterocycles. The fraction of sp³-hybridized carbons (Fsp3) is 0.846. The summed E-state index contributed by atoms with van der Waals surface area (Å²) >= 11 is 0. The van der Waals surface area contributed by atoms with Gasteiger partial charge in [-0.2, -0.15) is 0 Å². The summed E-state index contributed by atoms with van der Waals surface area (Å²) in [4.78, 5) is 28.4. The number of aliphatic carboxylic acids is 1. The minimum Gasteiger partial charge on any atom is -0.481 e. The highest BCUT2D eigenvalue weighted by Gasteiger charge is 2.24. The predicted molar refractivity (Wildman–Crippen MR) is 74.6 cm³/mol. The summed E-state index contributed by atoms with van der Waals surface area (Å²) in [6.07, 6.45) is 0.740. The second-order valence-electron chi connectivity index (χ2n) is 4.91. The Hall–Kier alpha value is -1.34. The van der Waals surface area contributed by atoms with Crippen LogP contribution in [-0.2, 0) is 4.79 Å². The molecule has 2 amide bonds. The highest BCUT2D eigenvalue weighted by molar-refractivity contribution is 5.74. The van der Waals surface area contributed by atoms with Crippen molar-refractivity contribution < 1.29 is 19.8 Å². The summed E-state index contributed by atoms with van der Waals surface area (Å²) in [5.41, 5.74) is 0. The number of hydrogen-bond donors (Lipinski definition) is 2. The molecule has 0 spiro atoms. The van der Waals surface area contributed by atoms with Crippen molar-refractivity contribution in [2.24, 2.45) is 0 Å². The Labute approximate surface area is 119 Å². The molecule has 1 rings (SSSR count). The third-order valence-electron chi connectivity index (χ3n) is 3.52. The van der Waals surface area contributed by atoms with Gasteiger partial charge in [-0.3, -0.25) is 9.69 Å². The van der Waals surface area contributed by atoms with Crippen molar-refractivity contribution in [3.63, 3.8) is 0 Å². The van der Waals surface area contributed by atoms with Crippen molar-refractivity contribution in [2.75, 3.05) is 52.4 Å². The lowest BCUT2D eigenvalue weighted by Gasteiger charge is -2.37. The van der Waals surface area contributed by atoms with E-state index in [9.17, 15) is 9.59 Å². The van der Waals surface area contributed by atoms with Gasteiger partial charge in [-0.25, -0.2) is 4.79 Å². The quantitative estimate of drug-likeness (QED) is 0.683. The van der Waals surface area contributed by atoms with E-state index in [2.05, 4.69) is 4.90 Å². The van der Waals surface area contributed by atoms with E-state index in [4.69, 9.17) is 10.2 Å². The van der Waals surface area contributed by atoms with Crippen LogP contribution in [0.1, 0.15) is 19.8 Å². The molecule has 20 heavy (non-hydrogen) atoms. The maximum absolute atomic E-state index is 12.3. The number of carbonyl (C=O) groups is 2. The van der Waals surface area contributed by atoms with Crippen molar-refractivity contribution in [2.45, 2.75) is 19.8 Å². The average Bonchev–Trinajstić information content (AvgIpc) is 2.46. The van der Waals surface area contributed by atoms with Crippen LogP contribution < -0.4 is 0 Å². The van der Waals surface area contributed by atoms with Gasteiger partial charge in [-0.1, -0.05) is 0 Å². The fourth-order valence-corrected chi connectivity index (χ4v) is 2.27. The molecule has 0 atom stereocenters. The number of amides is 2. The van der Waals surface area contributed by atoms with Crippen LogP contribution in [0.3, 0.4) is 0 Å². The van der Waals surface area contributed by atoms with Crippen LogP contribution in [0.15, 0.2) is 0 Å². The van der Waals surface area contributed by atoms with E-state index in [1.807, 2.05) is 6.92 Å². The van der Waals surface area contributed by atoms with Crippen molar-refractivity contribution in [1.82, 2.24) is 14.7 Å². The van der Waals surface area contributed by atoms with Crippen molar-refractivity contribution in [3.8, 4) is 0 Å². The first-order valence-corrected chi connectivity index (χ1v) is 7.17. The standard InChI is InChI=1S/C13H25N3O4/c1-2-15(5-3-11-17)13(20)16-9-7-14(8-10-16)6-4-12(18)19/h17H,2-11H2,1H3,(H,18,19). The monoisotopic (exact) mass is 287 g/mol. The molecule has 0 saturated carbocycles. The number of hydrogen-bond acceptors (Lipinski definition) is 4. The number of rotatable bonds is 7. The Morgan fingerprint density at radius 3 is 2.35 bits per heavy atom. The Bertz CT molecular complexity index is 317. The molecule has 7 heteroatoms. The topological polar surface area (TPSA) is 84.3 Å². The van der Waals surface area contributed by atoms with E-state index >= 15 is 0 Å². The molecule has 2 N–H and O–H groups in total. The van der Waals surface area contributed by atoms with Gasteiger partial charge >= 0.3 is 12.0 Å². The molecule has 116 valence electrons. The maximum Gasteiger partial charge on any atom is 0.320 e. The first kappa shape index (κ1) is 16.7. The van der Waals surface area contributed by atoms with E-state index in [1.165, 1.54) is 0 Å². The van der Waals surface area contributed by atoms with Gasteiger partial charge in [0, 0.05) is 52.4 Å². The minimum absolute atomic E-state index is 0.0128. The maximum atomic E-state index is 12.3. The minimum atomic E-state index is -0.787. The molecule has 0 aromatic heterocycles.